The van der Waals surface area contributed by atoms with Crippen LogP contribution < -0.4 is 5.32 Å². The number of alkyl carbamates (subject to hydrolysis) is 1. The lowest BCUT2D eigenvalue weighted by molar-refractivity contribution is -0.929. The Morgan fingerprint density at radius 2 is 1.00 bits per heavy atom. The van der Waals surface area contributed by atoms with Crippen molar-refractivity contribution in [3.05, 3.63) is 4.13 Å². The largest absolute Gasteiger partial charge is 0.480 e. The van der Waals surface area contributed by atoms with Crippen LogP contribution in [0.25, 0.3) is 4.13 Å². The number of carbonyl (C=O) groups is 1. The third-order valence-electron chi connectivity index (χ3n) is 8.53. The molecule has 0 bridgehead atoms. The molecule has 0 spiro atoms. The summed E-state index contributed by atoms with van der Waals surface area (Å²) in [5, 5.41) is 2.84. The molecule has 0 aliphatic rings. The molecule has 0 saturated carbocycles. The van der Waals surface area contributed by atoms with E-state index in [-0.39, 0.29) is 6.09 Å². The van der Waals surface area contributed by atoms with Crippen LogP contribution in [0, 0.1) is 0 Å². The molecule has 0 radical (unpaired) electrons. The number of carbonyl (C=O) groups excluding carboxylic acids is 2. The molecule has 0 aromatic carbocycles. The number of ether oxygens (including phenoxy) is 1. The van der Waals surface area contributed by atoms with Gasteiger partial charge in [-0.3, -0.25) is 0 Å². The van der Waals surface area contributed by atoms with Crippen molar-refractivity contribution in [3.63, 3.8) is 0 Å². The van der Waals surface area contributed by atoms with Crippen LogP contribution in [0.4, 0.5) is 31.1 Å². The maximum absolute atomic E-state index is 11.9. The number of alkyl halides is 6. The summed E-state index contributed by atoms with van der Waals surface area (Å²) in [5.74, 6) is 0. The molecular weight excluding hydrogens is 755 g/mol. The first kappa shape index (κ1) is 53.2. The van der Waals surface area contributed by atoms with E-state index in [0.717, 1.165) is 42.7 Å². The van der Waals surface area contributed by atoms with Gasteiger partial charge in [0.1, 0.15) is 0 Å². The lowest BCUT2D eigenvalue weighted by atomic mass is 10.1. The minimum absolute atomic E-state index is 0.294. The van der Waals surface area contributed by atoms with E-state index in [0.29, 0.717) is 19.7 Å². The van der Waals surface area contributed by atoms with Crippen molar-refractivity contribution in [2.45, 2.75) is 160 Å². The van der Waals surface area contributed by atoms with Gasteiger partial charge >= 0.3 is 17.1 Å². The molecule has 11 nitrogen and oxygen atoms in total. The van der Waals surface area contributed by atoms with Gasteiger partial charge in [-0.05, 0) is 77.0 Å². The van der Waals surface area contributed by atoms with Crippen molar-refractivity contribution >= 4 is 32.2 Å². The first-order valence-electron chi connectivity index (χ1n) is 19.0. The number of sulfonamides is 2. The predicted octanol–water partition coefficient (Wildman–Crippen LogP) is 9.79. The normalized spacial score (nSPS) is 12.5. The molecule has 0 aliphatic carbocycles. The van der Waals surface area contributed by atoms with Gasteiger partial charge in [-0.25, -0.2) is 31.4 Å². The number of halogens is 6. The van der Waals surface area contributed by atoms with Crippen LogP contribution >= 0.6 is 0 Å². The van der Waals surface area contributed by atoms with E-state index in [9.17, 15) is 52.8 Å². The summed E-state index contributed by atoms with van der Waals surface area (Å²) in [6.07, 6.45) is 26.1. The van der Waals surface area contributed by atoms with Crippen molar-refractivity contribution in [2.75, 3.05) is 45.9 Å². The van der Waals surface area contributed by atoms with E-state index in [1.165, 1.54) is 121 Å². The molecule has 1 N–H and O–H groups in total. The number of hydrogen-bond donors (Lipinski definition) is 1. The highest BCUT2D eigenvalue weighted by molar-refractivity contribution is 8.13. The fraction of sp³-hybridized carbons (Fsp3) is 0.941. The summed E-state index contributed by atoms with van der Waals surface area (Å²) in [4.78, 5) is 25.5. The van der Waals surface area contributed by atoms with E-state index >= 15 is 0 Å². The number of rotatable bonds is 31. The quantitative estimate of drug-likeness (QED) is 0.0241. The van der Waals surface area contributed by atoms with E-state index in [1.54, 1.807) is 6.08 Å². The molecule has 0 saturated heterocycles. The summed E-state index contributed by atoms with van der Waals surface area (Å²) >= 11 is 0. The molecule has 0 aromatic rings. The van der Waals surface area contributed by atoms with E-state index < -0.39 is 31.1 Å². The number of nitrogens with one attached hydrogen (secondary N) is 1. The number of nitrogens with zero attached hydrogens (tertiary/aromatic N) is 3. The Morgan fingerprint density at radius 3 is 1.40 bits per heavy atom. The molecule has 0 aliphatic heterocycles. The summed E-state index contributed by atoms with van der Waals surface area (Å²) in [6.45, 7) is 14.1. The summed E-state index contributed by atoms with van der Waals surface area (Å²) in [6, 6.07) is 0. The molecule has 19 heteroatoms. The van der Waals surface area contributed by atoms with Crippen molar-refractivity contribution in [3.8, 4) is 0 Å². The average molecular weight is 819 g/mol. The Balaban J connectivity index is 0. The highest BCUT2D eigenvalue weighted by Crippen LogP contribution is 2.36. The Morgan fingerprint density at radius 1 is 0.623 bits per heavy atom. The van der Waals surface area contributed by atoms with Gasteiger partial charge in [-0.2, -0.15) is 26.3 Å². The van der Waals surface area contributed by atoms with E-state index in [4.69, 9.17) is 4.74 Å². The third kappa shape index (κ3) is 28.2. The number of aliphatic imine (C=N–C) groups is 1. The van der Waals surface area contributed by atoms with Gasteiger partial charge < -0.3 is 18.7 Å². The van der Waals surface area contributed by atoms with Crippen LogP contribution in [0.2, 0.25) is 0 Å². The average Bonchev–Trinajstić information content (AvgIpc) is 3.06. The van der Waals surface area contributed by atoms with Crippen LogP contribution in [0.15, 0.2) is 4.99 Å². The number of unbranched alkanes of at least 4 members (excludes halogenated alkanes) is 15. The SMILES string of the molecule is CCCCCC[N+](CCCCCC)(CCCCCC)CCCCCCOC(=O)NCCCCCCN=C=O.O=S(=O)([N-]S(=O)(=O)C(F)(F)F)C(F)(F)F. The monoisotopic (exact) mass is 818 g/mol. The smallest absolute Gasteiger partial charge is 0.450 e. The molecule has 0 aromatic heterocycles. The fourth-order valence-electron chi connectivity index (χ4n) is 5.53. The zero-order valence-electron chi connectivity index (χ0n) is 31.9. The fourth-order valence-corrected chi connectivity index (χ4v) is 7.24. The Hall–Kier alpha value is -1.95. The molecule has 0 unspecified atom stereocenters. The standard InChI is InChI=1S/C32H63N3O3.C2F6NO4S2/c1-4-7-10-19-26-35(27-20-11-8-5-2,28-21-12-9-6-3)29-22-15-16-23-30-38-32(37)34-25-18-14-13-17-24-33-31-36;3-1(4,5)14(10,11)9-15(12,13)2(6,7)8/h4-30H2,1-3H3;/q;-1/p+1. The van der Waals surface area contributed by atoms with Gasteiger partial charge in [0.2, 0.25) is 6.08 Å². The molecule has 0 heterocycles. The van der Waals surface area contributed by atoms with Gasteiger partial charge in [0.05, 0.1) is 39.3 Å². The first-order chi connectivity index (χ1) is 24.8. The molecule has 316 valence electrons. The summed E-state index contributed by atoms with van der Waals surface area (Å²) < 4.78 is 116. The van der Waals surface area contributed by atoms with E-state index in [1.807, 2.05) is 0 Å². The van der Waals surface area contributed by atoms with E-state index in [2.05, 4.69) is 31.1 Å². The van der Waals surface area contributed by atoms with Crippen LogP contribution in [-0.4, -0.2) is 90.4 Å². The zero-order valence-corrected chi connectivity index (χ0v) is 33.5. The second kappa shape index (κ2) is 30.3. The molecular formula is C34H64F6N4O7S2. The Bertz CT molecular complexity index is 1130. The van der Waals surface area contributed by atoms with Gasteiger partial charge in [-0.1, -0.05) is 72.1 Å². The topological polar surface area (TPSA) is 150 Å². The molecule has 0 rings (SSSR count). The minimum Gasteiger partial charge on any atom is -0.450 e. The second-order valence-electron chi connectivity index (χ2n) is 13.2. The third-order valence-corrected chi connectivity index (χ3v) is 11.3. The van der Waals surface area contributed by atoms with Gasteiger partial charge in [0.15, 0.2) is 20.0 Å². The maximum atomic E-state index is 11.9. The molecule has 0 atom stereocenters. The Labute approximate surface area is 314 Å². The Kier molecular flexibility index (Phi) is 30.4. The lowest BCUT2D eigenvalue weighted by Gasteiger charge is -2.39. The maximum Gasteiger partial charge on any atom is 0.480 e. The highest BCUT2D eigenvalue weighted by Gasteiger charge is 2.47. The lowest BCUT2D eigenvalue weighted by Crippen LogP contribution is -2.50. The highest BCUT2D eigenvalue weighted by atomic mass is 32.3. The molecule has 0 fully saturated rings. The minimum atomic E-state index is -6.72. The van der Waals surface area contributed by atoms with Crippen LogP contribution in [-0.2, 0) is 29.6 Å². The number of isocyanates is 1. The number of hydrogen-bond acceptors (Lipinski definition) is 8. The van der Waals surface area contributed by atoms with Gasteiger partial charge in [0, 0.05) is 6.54 Å². The second-order valence-corrected chi connectivity index (χ2v) is 16.6. The van der Waals surface area contributed by atoms with Crippen LogP contribution in [0.3, 0.4) is 0 Å². The zero-order chi connectivity index (χ0) is 40.7. The number of amides is 1. The van der Waals surface area contributed by atoms with Crippen molar-refractivity contribution in [2.24, 2.45) is 4.99 Å². The summed E-state index contributed by atoms with van der Waals surface area (Å²) in [7, 11) is -13.4. The van der Waals surface area contributed by atoms with Crippen LogP contribution in [0.5, 0.6) is 0 Å². The molecule has 1 amide bonds. The first-order valence-corrected chi connectivity index (χ1v) is 21.9. The molecule has 53 heavy (non-hydrogen) atoms. The number of quaternary nitrogens is 1. The van der Waals surface area contributed by atoms with Crippen molar-refractivity contribution in [1.29, 1.82) is 0 Å². The van der Waals surface area contributed by atoms with Crippen molar-refractivity contribution in [1.82, 2.24) is 5.32 Å². The summed E-state index contributed by atoms with van der Waals surface area (Å²) in [5.41, 5.74) is -12.4. The van der Waals surface area contributed by atoms with Crippen molar-refractivity contribution < 1.29 is 62.0 Å². The van der Waals surface area contributed by atoms with Crippen LogP contribution in [0.1, 0.15) is 149 Å². The van der Waals surface area contributed by atoms with Gasteiger partial charge in [0.25, 0.3) is 0 Å². The predicted molar refractivity (Wildman–Crippen MR) is 195 cm³/mol. The van der Waals surface area contributed by atoms with Gasteiger partial charge in [-0.15, -0.1) is 0 Å².